The predicted molar refractivity (Wildman–Crippen MR) is 135 cm³/mol. The van der Waals surface area contributed by atoms with Crippen molar-refractivity contribution >= 4 is 23.6 Å². The Morgan fingerprint density at radius 1 is 1.03 bits per heavy atom. The fourth-order valence-corrected chi connectivity index (χ4v) is 4.17. The van der Waals surface area contributed by atoms with E-state index in [9.17, 15) is 0 Å². The number of aliphatic imine (C=N–C) groups is 2. The molecule has 33 heavy (non-hydrogen) atoms. The molecule has 3 heterocycles. The van der Waals surface area contributed by atoms with Crippen molar-refractivity contribution in [2.45, 2.75) is 32.1 Å². The zero-order valence-corrected chi connectivity index (χ0v) is 19.5. The summed E-state index contributed by atoms with van der Waals surface area (Å²) in [6.07, 6.45) is 9.89. The van der Waals surface area contributed by atoms with E-state index in [0.717, 1.165) is 55.5 Å². The van der Waals surface area contributed by atoms with Crippen LogP contribution in [-0.2, 0) is 0 Å². The van der Waals surface area contributed by atoms with E-state index in [1.807, 2.05) is 6.07 Å². The Kier molecular flexibility index (Phi) is 6.39. The summed E-state index contributed by atoms with van der Waals surface area (Å²) in [5.41, 5.74) is 3.37. The Balaban J connectivity index is 1.43. The summed E-state index contributed by atoms with van der Waals surface area (Å²) >= 11 is 0. The first-order valence-corrected chi connectivity index (χ1v) is 12.0. The Morgan fingerprint density at radius 3 is 2.58 bits per heavy atom. The highest BCUT2D eigenvalue weighted by molar-refractivity contribution is 6.09. The van der Waals surface area contributed by atoms with E-state index in [2.05, 4.69) is 87.8 Å². The van der Waals surface area contributed by atoms with Gasteiger partial charge >= 0.3 is 0 Å². The number of benzene rings is 1. The van der Waals surface area contributed by atoms with Crippen LogP contribution in [0.15, 0.2) is 64.4 Å². The molecule has 2 fully saturated rings. The van der Waals surface area contributed by atoms with E-state index in [1.165, 1.54) is 18.5 Å². The van der Waals surface area contributed by atoms with E-state index in [-0.39, 0.29) is 5.92 Å². The van der Waals surface area contributed by atoms with Crippen molar-refractivity contribution < 1.29 is 0 Å². The normalized spacial score (nSPS) is 27.2. The molecular formula is C26H33N7. The maximum absolute atomic E-state index is 4.99. The molecule has 0 bridgehead atoms. The van der Waals surface area contributed by atoms with Crippen LogP contribution in [-0.4, -0.2) is 64.9 Å². The third-order valence-corrected chi connectivity index (χ3v) is 6.54. The van der Waals surface area contributed by atoms with Crippen molar-refractivity contribution in [3.8, 4) is 0 Å². The summed E-state index contributed by atoms with van der Waals surface area (Å²) in [4.78, 5) is 14.7. The molecule has 2 aliphatic heterocycles. The average Bonchev–Trinajstić information content (AvgIpc) is 3.58. The Hall–Kier alpha value is -3.19. The quantitative estimate of drug-likeness (QED) is 0.721. The molecule has 7 nitrogen and oxygen atoms in total. The minimum atomic E-state index is 0.279. The van der Waals surface area contributed by atoms with Crippen molar-refractivity contribution in [2.24, 2.45) is 15.9 Å². The third kappa shape index (κ3) is 5.60. The summed E-state index contributed by atoms with van der Waals surface area (Å²) in [7, 11) is 2.17. The van der Waals surface area contributed by atoms with E-state index >= 15 is 0 Å². The van der Waals surface area contributed by atoms with Crippen LogP contribution < -0.4 is 5.32 Å². The van der Waals surface area contributed by atoms with Crippen molar-refractivity contribution in [3.63, 3.8) is 0 Å². The lowest BCUT2D eigenvalue weighted by Crippen LogP contribution is -2.43. The summed E-state index contributed by atoms with van der Waals surface area (Å²) in [6, 6.07) is 12.4. The van der Waals surface area contributed by atoms with Gasteiger partial charge in [0.05, 0.1) is 0 Å². The van der Waals surface area contributed by atoms with E-state index in [0.29, 0.717) is 11.9 Å². The molecule has 1 unspecified atom stereocenters. The molecule has 1 saturated heterocycles. The van der Waals surface area contributed by atoms with Gasteiger partial charge in [0.25, 0.3) is 0 Å². The molecule has 1 aromatic heterocycles. The van der Waals surface area contributed by atoms with Gasteiger partial charge in [-0.05, 0) is 44.0 Å². The molecular weight excluding hydrogens is 410 g/mol. The average molecular weight is 444 g/mol. The predicted octanol–water partition coefficient (Wildman–Crippen LogP) is 4.34. The molecule has 7 heteroatoms. The van der Waals surface area contributed by atoms with Gasteiger partial charge in [0, 0.05) is 55.5 Å². The fraction of sp³-hybridized carbons (Fsp3) is 0.423. The van der Waals surface area contributed by atoms with Crippen LogP contribution in [0.2, 0.25) is 0 Å². The van der Waals surface area contributed by atoms with Gasteiger partial charge in [-0.3, -0.25) is 5.10 Å². The Morgan fingerprint density at radius 2 is 1.82 bits per heavy atom. The molecule has 1 aromatic carbocycles. The lowest BCUT2D eigenvalue weighted by atomic mass is 9.99. The molecule has 5 rings (SSSR count). The number of H-pyrrole nitrogens is 1. The maximum Gasteiger partial charge on any atom is 0.230 e. The standard InChI is InChI=1S/C26H33N7/c1-19-8-13-25(33-16-14-32(2)15-17-33)29-26(28-24-18-23(30-31-24)21-10-11-21)27-22(19)12-9-20-6-4-3-5-7-20/h3-7,9,12-13,18-19,21H,8,10-11,14-17H2,1-2H3,(H2,28,29,30,31)/b12-9+,25-13-,27-22-. The number of anilines is 1. The number of piperazine rings is 1. The summed E-state index contributed by atoms with van der Waals surface area (Å²) in [6.45, 7) is 6.28. The van der Waals surface area contributed by atoms with Crippen LogP contribution in [0.1, 0.15) is 43.4 Å². The van der Waals surface area contributed by atoms with Crippen LogP contribution in [0, 0.1) is 5.92 Å². The SMILES string of the molecule is CC1C/C=C(N2CCN(C)CC2)/N=C(Nc2cc(C3CC3)[nH]n2)\N=C1\C=C\c1ccccc1. The topological polar surface area (TPSA) is 71.9 Å². The first-order chi connectivity index (χ1) is 16.1. The molecule has 0 spiro atoms. The van der Waals surface area contributed by atoms with Crippen molar-refractivity contribution in [2.75, 3.05) is 38.5 Å². The lowest BCUT2D eigenvalue weighted by molar-refractivity contribution is 0.184. The summed E-state index contributed by atoms with van der Waals surface area (Å²) in [5.74, 6) is 3.28. The van der Waals surface area contributed by atoms with E-state index < -0.39 is 0 Å². The van der Waals surface area contributed by atoms with Crippen LogP contribution in [0.5, 0.6) is 0 Å². The minimum absolute atomic E-state index is 0.279. The second-order valence-corrected chi connectivity index (χ2v) is 9.31. The van der Waals surface area contributed by atoms with Crippen LogP contribution in [0.3, 0.4) is 0 Å². The van der Waals surface area contributed by atoms with Gasteiger partial charge in [-0.1, -0.05) is 43.3 Å². The summed E-state index contributed by atoms with van der Waals surface area (Å²) in [5, 5.41) is 11.0. The molecule has 1 aliphatic carbocycles. The number of guanidine groups is 1. The second kappa shape index (κ2) is 9.75. The van der Waals surface area contributed by atoms with Gasteiger partial charge < -0.3 is 15.1 Å². The highest BCUT2D eigenvalue weighted by Gasteiger charge is 2.26. The first kappa shape index (κ1) is 21.6. The molecule has 1 saturated carbocycles. The number of aromatic amines is 1. The molecule has 1 atom stereocenters. The number of aromatic nitrogens is 2. The molecule has 0 amide bonds. The number of rotatable bonds is 5. The van der Waals surface area contributed by atoms with E-state index in [1.54, 1.807) is 0 Å². The number of nitrogens with one attached hydrogen (secondary N) is 2. The van der Waals surface area contributed by atoms with Gasteiger partial charge in [-0.2, -0.15) is 10.1 Å². The number of hydrogen-bond donors (Lipinski definition) is 2. The molecule has 3 aliphatic rings. The van der Waals surface area contributed by atoms with Crippen molar-refractivity contribution in [1.82, 2.24) is 20.0 Å². The number of nitrogens with zero attached hydrogens (tertiary/aromatic N) is 5. The zero-order chi connectivity index (χ0) is 22.6. The van der Waals surface area contributed by atoms with Gasteiger partial charge in [-0.15, -0.1) is 0 Å². The van der Waals surface area contributed by atoms with Crippen molar-refractivity contribution in [1.29, 1.82) is 0 Å². The highest BCUT2D eigenvalue weighted by atomic mass is 15.3. The largest absolute Gasteiger partial charge is 0.354 e. The Labute approximate surface area is 196 Å². The fourth-order valence-electron chi connectivity index (χ4n) is 4.17. The lowest BCUT2D eigenvalue weighted by Gasteiger charge is -2.34. The highest BCUT2D eigenvalue weighted by Crippen LogP contribution is 2.39. The van der Waals surface area contributed by atoms with Crippen molar-refractivity contribution in [3.05, 3.63) is 65.6 Å². The number of likely N-dealkylation sites (N-methyl/N-ethyl adjacent to an activating group) is 1. The van der Waals surface area contributed by atoms with Gasteiger partial charge in [0.15, 0.2) is 5.82 Å². The van der Waals surface area contributed by atoms with Crippen LogP contribution in [0.4, 0.5) is 5.82 Å². The van der Waals surface area contributed by atoms with Crippen LogP contribution in [0.25, 0.3) is 6.08 Å². The molecule has 2 N–H and O–H groups in total. The zero-order valence-electron chi connectivity index (χ0n) is 19.5. The molecule has 0 radical (unpaired) electrons. The first-order valence-electron chi connectivity index (χ1n) is 12.0. The Bertz CT molecular complexity index is 1070. The second-order valence-electron chi connectivity index (χ2n) is 9.31. The van der Waals surface area contributed by atoms with Crippen LogP contribution >= 0.6 is 0 Å². The molecule has 2 aromatic rings. The van der Waals surface area contributed by atoms with Gasteiger partial charge in [-0.25, -0.2) is 4.99 Å². The molecule has 172 valence electrons. The minimum Gasteiger partial charge on any atom is -0.354 e. The number of allylic oxidation sites excluding steroid dienone is 2. The smallest absolute Gasteiger partial charge is 0.230 e. The number of hydrogen-bond acceptors (Lipinski definition) is 6. The third-order valence-electron chi connectivity index (χ3n) is 6.54. The van der Waals surface area contributed by atoms with Gasteiger partial charge in [0.2, 0.25) is 5.96 Å². The maximum atomic E-state index is 4.99. The van der Waals surface area contributed by atoms with Gasteiger partial charge in [0.1, 0.15) is 5.82 Å². The monoisotopic (exact) mass is 443 g/mol. The van der Waals surface area contributed by atoms with E-state index in [4.69, 9.17) is 9.98 Å². The summed E-state index contributed by atoms with van der Waals surface area (Å²) < 4.78 is 0.